The Kier molecular flexibility index (Phi) is 7.74. The van der Waals surface area contributed by atoms with E-state index in [4.69, 9.17) is 4.74 Å². The monoisotopic (exact) mass is 404 g/mol. The smallest absolute Gasteiger partial charge is 0.251 e. The zero-order chi connectivity index (χ0) is 20.7. The second kappa shape index (κ2) is 9.82. The van der Waals surface area contributed by atoms with Crippen molar-refractivity contribution in [1.29, 1.82) is 0 Å². The van der Waals surface area contributed by atoms with E-state index in [1.165, 1.54) is 53.6 Å². The Labute approximate surface area is 167 Å². The topological polar surface area (TPSA) is 84.5 Å². The fourth-order valence-corrected chi connectivity index (χ4v) is 4.17. The number of hydrogen-bond acceptors (Lipinski definition) is 4. The van der Waals surface area contributed by atoms with E-state index < -0.39 is 10.0 Å². The van der Waals surface area contributed by atoms with Crippen molar-refractivity contribution in [1.82, 2.24) is 10.0 Å². The highest BCUT2D eigenvalue weighted by atomic mass is 32.2. The maximum atomic E-state index is 12.3. The molecule has 7 heteroatoms. The Morgan fingerprint density at radius 1 is 1.00 bits per heavy atom. The van der Waals surface area contributed by atoms with Crippen molar-refractivity contribution >= 4 is 15.9 Å². The molecule has 0 aliphatic heterocycles. The molecule has 0 bridgehead atoms. The third-order valence-corrected chi connectivity index (χ3v) is 6.00. The first kappa shape index (κ1) is 22.1. The molecule has 0 radical (unpaired) electrons. The summed E-state index contributed by atoms with van der Waals surface area (Å²) in [7, 11) is -2.10. The van der Waals surface area contributed by atoms with E-state index in [0.717, 1.165) is 6.42 Å². The summed E-state index contributed by atoms with van der Waals surface area (Å²) in [4.78, 5) is 12.5. The van der Waals surface area contributed by atoms with E-state index in [0.29, 0.717) is 18.7 Å². The molecule has 0 heterocycles. The minimum atomic E-state index is -3.60. The van der Waals surface area contributed by atoms with Gasteiger partial charge in [-0.3, -0.25) is 4.79 Å². The number of sulfonamides is 1. The molecule has 0 aromatic heterocycles. The number of benzene rings is 2. The molecule has 0 saturated heterocycles. The van der Waals surface area contributed by atoms with Crippen LogP contribution in [-0.2, 0) is 21.2 Å². The summed E-state index contributed by atoms with van der Waals surface area (Å²) in [5.74, 6) is -0.223. The fraction of sp³-hybridized carbons (Fsp3) is 0.381. The van der Waals surface area contributed by atoms with Gasteiger partial charge in [-0.2, -0.15) is 0 Å². The second-order valence-corrected chi connectivity index (χ2v) is 8.57. The Hall–Kier alpha value is -2.22. The number of rotatable bonds is 9. The van der Waals surface area contributed by atoms with Crippen LogP contribution in [0.2, 0.25) is 0 Å². The van der Waals surface area contributed by atoms with Crippen molar-refractivity contribution in [2.45, 2.75) is 32.1 Å². The summed E-state index contributed by atoms with van der Waals surface area (Å²) in [6.07, 6.45) is 0.750. The Balaban J connectivity index is 1.95. The van der Waals surface area contributed by atoms with E-state index in [1.807, 2.05) is 0 Å². The maximum absolute atomic E-state index is 12.3. The molecule has 0 spiro atoms. The van der Waals surface area contributed by atoms with Gasteiger partial charge in [0.05, 0.1) is 11.5 Å². The number of nitrogens with one attached hydrogen (secondary N) is 2. The van der Waals surface area contributed by atoms with Gasteiger partial charge in [-0.25, -0.2) is 13.1 Å². The molecule has 2 aromatic rings. The molecule has 0 atom stereocenters. The van der Waals surface area contributed by atoms with Crippen LogP contribution in [0.4, 0.5) is 0 Å². The van der Waals surface area contributed by atoms with Gasteiger partial charge in [0.1, 0.15) is 0 Å². The van der Waals surface area contributed by atoms with E-state index >= 15 is 0 Å². The first-order valence-electron chi connectivity index (χ1n) is 9.18. The lowest BCUT2D eigenvalue weighted by Gasteiger charge is -2.12. The molecule has 28 heavy (non-hydrogen) atoms. The van der Waals surface area contributed by atoms with Crippen LogP contribution >= 0.6 is 0 Å². The Morgan fingerprint density at radius 3 is 2.18 bits per heavy atom. The van der Waals surface area contributed by atoms with Gasteiger partial charge in [-0.15, -0.1) is 0 Å². The number of amides is 1. The van der Waals surface area contributed by atoms with Crippen molar-refractivity contribution in [3.8, 4) is 0 Å². The van der Waals surface area contributed by atoms with Crippen molar-refractivity contribution in [2.75, 3.05) is 26.8 Å². The molecule has 0 unspecified atom stereocenters. The number of carbonyl (C=O) groups excluding carboxylic acids is 1. The standard InChI is InChI=1S/C21H28N2O4S/c1-15-13-16(2)20(17(3)14-15)9-10-22-21(24)18-5-7-19(8-6-18)28(25,26)23-11-12-27-4/h5-8,13-14,23H,9-12H2,1-4H3,(H,22,24). The van der Waals surface area contributed by atoms with Crippen LogP contribution < -0.4 is 10.0 Å². The molecule has 0 aliphatic rings. The number of hydrogen-bond donors (Lipinski definition) is 2. The number of methoxy groups -OCH3 is 1. The average Bonchev–Trinajstić information content (AvgIpc) is 2.64. The molecule has 2 rings (SSSR count). The molecule has 0 aliphatic carbocycles. The highest BCUT2D eigenvalue weighted by molar-refractivity contribution is 7.89. The minimum absolute atomic E-state index is 0.117. The van der Waals surface area contributed by atoms with E-state index in [9.17, 15) is 13.2 Å². The van der Waals surface area contributed by atoms with Gasteiger partial charge in [0.15, 0.2) is 0 Å². The molecular weight excluding hydrogens is 376 g/mol. The van der Waals surface area contributed by atoms with E-state index in [2.05, 4.69) is 42.9 Å². The fourth-order valence-electron chi connectivity index (χ4n) is 3.15. The van der Waals surface area contributed by atoms with Gasteiger partial charge in [0.25, 0.3) is 5.91 Å². The van der Waals surface area contributed by atoms with Crippen molar-refractivity contribution in [3.05, 3.63) is 64.2 Å². The summed E-state index contributed by atoms with van der Waals surface area (Å²) < 4.78 is 31.5. The predicted molar refractivity (Wildman–Crippen MR) is 110 cm³/mol. The number of carbonyl (C=O) groups is 1. The minimum Gasteiger partial charge on any atom is -0.383 e. The third kappa shape index (κ3) is 5.89. The normalized spacial score (nSPS) is 11.4. The molecule has 0 fully saturated rings. The lowest BCUT2D eigenvalue weighted by Crippen LogP contribution is -2.28. The van der Waals surface area contributed by atoms with Gasteiger partial charge in [0, 0.05) is 25.8 Å². The molecule has 1 amide bonds. The second-order valence-electron chi connectivity index (χ2n) is 6.80. The molecular formula is C21H28N2O4S. The largest absolute Gasteiger partial charge is 0.383 e. The van der Waals surface area contributed by atoms with Crippen LogP contribution in [0.3, 0.4) is 0 Å². The van der Waals surface area contributed by atoms with Crippen LogP contribution in [-0.4, -0.2) is 41.1 Å². The average molecular weight is 405 g/mol. The van der Waals surface area contributed by atoms with Crippen molar-refractivity contribution in [2.24, 2.45) is 0 Å². The third-order valence-electron chi connectivity index (χ3n) is 4.53. The van der Waals surface area contributed by atoms with Gasteiger partial charge in [0.2, 0.25) is 10.0 Å². The lowest BCUT2D eigenvalue weighted by atomic mass is 9.97. The summed E-state index contributed by atoms with van der Waals surface area (Å²) in [6.45, 7) is 7.23. The summed E-state index contributed by atoms with van der Waals surface area (Å²) >= 11 is 0. The maximum Gasteiger partial charge on any atom is 0.251 e. The summed E-state index contributed by atoms with van der Waals surface area (Å²) in [6, 6.07) is 10.2. The molecule has 152 valence electrons. The lowest BCUT2D eigenvalue weighted by molar-refractivity contribution is 0.0954. The summed E-state index contributed by atoms with van der Waals surface area (Å²) in [5.41, 5.74) is 5.35. The highest BCUT2D eigenvalue weighted by Gasteiger charge is 2.14. The Bertz CT molecular complexity index is 899. The van der Waals surface area contributed by atoms with E-state index in [1.54, 1.807) is 0 Å². The predicted octanol–water partition coefficient (Wildman–Crippen LogP) is 2.51. The van der Waals surface area contributed by atoms with Crippen LogP contribution in [0.15, 0.2) is 41.3 Å². The zero-order valence-corrected chi connectivity index (χ0v) is 17.7. The SMILES string of the molecule is COCCNS(=O)(=O)c1ccc(C(=O)NCCc2c(C)cc(C)cc2C)cc1. The van der Waals surface area contributed by atoms with Crippen molar-refractivity contribution in [3.63, 3.8) is 0 Å². The first-order valence-corrected chi connectivity index (χ1v) is 10.7. The molecule has 6 nitrogen and oxygen atoms in total. The zero-order valence-electron chi connectivity index (χ0n) is 16.8. The van der Waals surface area contributed by atoms with Crippen LogP contribution in [0.25, 0.3) is 0 Å². The number of aryl methyl sites for hydroxylation is 3. The number of ether oxygens (including phenoxy) is 1. The molecule has 2 aromatic carbocycles. The summed E-state index contributed by atoms with van der Waals surface area (Å²) in [5, 5.41) is 2.90. The molecule has 0 saturated carbocycles. The van der Waals surface area contributed by atoms with Gasteiger partial charge >= 0.3 is 0 Å². The van der Waals surface area contributed by atoms with Crippen LogP contribution in [0.1, 0.15) is 32.6 Å². The van der Waals surface area contributed by atoms with Crippen LogP contribution in [0.5, 0.6) is 0 Å². The molecule has 2 N–H and O–H groups in total. The van der Waals surface area contributed by atoms with Gasteiger partial charge in [-0.05, 0) is 68.1 Å². The Morgan fingerprint density at radius 2 is 1.61 bits per heavy atom. The highest BCUT2D eigenvalue weighted by Crippen LogP contribution is 2.16. The van der Waals surface area contributed by atoms with E-state index in [-0.39, 0.29) is 17.3 Å². The quantitative estimate of drug-likeness (QED) is 0.629. The van der Waals surface area contributed by atoms with Crippen molar-refractivity contribution < 1.29 is 17.9 Å². The van der Waals surface area contributed by atoms with Gasteiger partial charge < -0.3 is 10.1 Å². The van der Waals surface area contributed by atoms with Crippen LogP contribution in [0, 0.1) is 20.8 Å². The first-order chi connectivity index (χ1) is 13.2. The van der Waals surface area contributed by atoms with Gasteiger partial charge in [-0.1, -0.05) is 17.7 Å².